The summed E-state index contributed by atoms with van der Waals surface area (Å²) in [6.45, 7) is 8.33. The highest BCUT2D eigenvalue weighted by molar-refractivity contribution is 6.30. The Morgan fingerprint density at radius 2 is 1.97 bits per heavy atom. The minimum atomic E-state index is -0.808. The number of ether oxygens (including phenoxy) is 2. The monoisotopic (exact) mass is 474 g/mol. The highest BCUT2D eigenvalue weighted by Crippen LogP contribution is 2.22. The van der Waals surface area contributed by atoms with Crippen LogP contribution >= 0.6 is 11.6 Å². The summed E-state index contributed by atoms with van der Waals surface area (Å²) >= 11 is 6.15. The number of benzene rings is 1. The predicted octanol–water partition coefficient (Wildman–Crippen LogP) is 4.29. The molecule has 2 aromatic heterocycles. The molecule has 33 heavy (non-hydrogen) atoms. The number of aliphatic hydroxyl groups is 1. The van der Waals surface area contributed by atoms with E-state index in [1.165, 1.54) is 0 Å². The molecule has 0 aliphatic carbocycles. The fraction of sp³-hybridized carbons (Fsp3) is 0.458. The van der Waals surface area contributed by atoms with Gasteiger partial charge in [0.2, 0.25) is 0 Å². The number of nitrogens with zero attached hydrogens (tertiary/aromatic N) is 3. The molecule has 9 heteroatoms. The maximum absolute atomic E-state index is 12.3. The van der Waals surface area contributed by atoms with Crippen molar-refractivity contribution in [1.29, 1.82) is 0 Å². The molecule has 2 heterocycles. The van der Waals surface area contributed by atoms with Crippen molar-refractivity contribution in [2.45, 2.75) is 58.4 Å². The molecule has 0 radical (unpaired) electrons. The van der Waals surface area contributed by atoms with Gasteiger partial charge in [-0.1, -0.05) is 41.9 Å². The van der Waals surface area contributed by atoms with Crippen molar-refractivity contribution in [3.63, 3.8) is 0 Å². The average Bonchev–Trinajstić information content (AvgIpc) is 3.15. The first-order valence-electron chi connectivity index (χ1n) is 11.0. The minimum absolute atomic E-state index is 0.0648. The molecule has 1 aromatic carbocycles. The SMILES string of the molecule is CCn1ncc2cc(Cl)nc(CC(O)COC[C@@H](NC(=O)OC(C)(C)C)c3ccccc3)c21. The lowest BCUT2D eigenvalue weighted by Gasteiger charge is -2.24. The van der Waals surface area contributed by atoms with E-state index in [-0.39, 0.29) is 19.6 Å². The molecule has 1 amide bonds. The topological polar surface area (TPSA) is 98.5 Å². The number of hydrogen-bond acceptors (Lipinski definition) is 6. The number of aliphatic hydroxyl groups excluding tert-OH is 1. The molecule has 178 valence electrons. The Balaban J connectivity index is 1.63. The van der Waals surface area contributed by atoms with Gasteiger partial charge in [0.05, 0.1) is 42.8 Å². The summed E-state index contributed by atoms with van der Waals surface area (Å²) in [6, 6.07) is 10.8. The van der Waals surface area contributed by atoms with Crippen LogP contribution in [0.15, 0.2) is 42.6 Å². The second-order valence-corrected chi connectivity index (χ2v) is 9.18. The van der Waals surface area contributed by atoms with Gasteiger partial charge in [-0.25, -0.2) is 9.78 Å². The number of carbonyl (C=O) groups excluding carboxylic acids is 1. The number of pyridine rings is 1. The molecule has 0 bridgehead atoms. The van der Waals surface area contributed by atoms with Crippen molar-refractivity contribution in [3.8, 4) is 0 Å². The Labute approximate surface area is 198 Å². The fourth-order valence-corrected chi connectivity index (χ4v) is 3.73. The van der Waals surface area contributed by atoms with Gasteiger partial charge < -0.3 is 19.9 Å². The molecule has 0 saturated heterocycles. The van der Waals surface area contributed by atoms with Crippen molar-refractivity contribution < 1.29 is 19.4 Å². The molecule has 0 saturated carbocycles. The molecule has 2 atom stereocenters. The molecule has 0 aliphatic rings. The molecule has 1 unspecified atom stereocenters. The van der Waals surface area contributed by atoms with Crippen LogP contribution in [-0.4, -0.2) is 50.9 Å². The first kappa shape index (κ1) is 25.0. The van der Waals surface area contributed by atoms with Gasteiger partial charge in [-0.05, 0) is 39.3 Å². The largest absolute Gasteiger partial charge is 0.444 e. The van der Waals surface area contributed by atoms with Gasteiger partial charge in [0.1, 0.15) is 10.8 Å². The number of fused-ring (bicyclic) bond motifs is 1. The van der Waals surface area contributed by atoms with Crippen molar-refractivity contribution >= 4 is 28.6 Å². The summed E-state index contributed by atoms with van der Waals surface area (Å²) in [5.74, 6) is 0. The molecule has 8 nitrogen and oxygen atoms in total. The summed E-state index contributed by atoms with van der Waals surface area (Å²) in [5, 5.41) is 19.1. The summed E-state index contributed by atoms with van der Waals surface area (Å²) in [4.78, 5) is 16.7. The summed E-state index contributed by atoms with van der Waals surface area (Å²) in [7, 11) is 0. The fourth-order valence-electron chi connectivity index (χ4n) is 3.51. The molecular weight excluding hydrogens is 444 g/mol. The normalized spacial score (nSPS) is 13.6. The Morgan fingerprint density at radius 3 is 2.64 bits per heavy atom. The van der Waals surface area contributed by atoms with Crippen LogP contribution < -0.4 is 5.32 Å². The van der Waals surface area contributed by atoms with Gasteiger partial charge in [-0.15, -0.1) is 0 Å². The van der Waals surface area contributed by atoms with Crippen molar-refractivity contribution in [2.24, 2.45) is 0 Å². The highest BCUT2D eigenvalue weighted by atomic mass is 35.5. The van der Waals surface area contributed by atoms with Crippen LogP contribution in [0.2, 0.25) is 5.15 Å². The van der Waals surface area contributed by atoms with Crippen LogP contribution in [0.25, 0.3) is 10.9 Å². The van der Waals surface area contributed by atoms with E-state index in [1.807, 2.05) is 62.7 Å². The third-order valence-electron chi connectivity index (χ3n) is 4.87. The lowest BCUT2D eigenvalue weighted by atomic mass is 10.1. The number of aryl methyl sites for hydroxylation is 1. The molecule has 3 rings (SSSR count). The quantitative estimate of drug-likeness (QED) is 0.449. The van der Waals surface area contributed by atoms with E-state index in [9.17, 15) is 9.90 Å². The summed E-state index contributed by atoms with van der Waals surface area (Å²) < 4.78 is 13.0. The maximum atomic E-state index is 12.3. The summed E-state index contributed by atoms with van der Waals surface area (Å²) in [6.07, 6.45) is 0.667. The minimum Gasteiger partial charge on any atom is -0.444 e. The van der Waals surface area contributed by atoms with Crippen molar-refractivity contribution in [3.05, 3.63) is 59.0 Å². The lowest BCUT2D eigenvalue weighted by molar-refractivity contribution is 0.0204. The first-order valence-corrected chi connectivity index (χ1v) is 11.3. The van der Waals surface area contributed by atoms with Gasteiger partial charge in [0, 0.05) is 18.4 Å². The van der Waals surface area contributed by atoms with Gasteiger partial charge >= 0.3 is 6.09 Å². The van der Waals surface area contributed by atoms with Gasteiger partial charge in [0.25, 0.3) is 0 Å². The zero-order valence-electron chi connectivity index (χ0n) is 19.4. The Morgan fingerprint density at radius 1 is 1.24 bits per heavy atom. The molecule has 0 fully saturated rings. The van der Waals surface area contributed by atoms with Crippen LogP contribution in [0.3, 0.4) is 0 Å². The van der Waals surface area contributed by atoms with Crippen LogP contribution in [0.4, 0.5) is 4.79 Å². The van der Waals surface area contributed by atoms with E-state index in [4.69, 9.17) is 21.1 Å². The van der Waals surface area contributed by atoms with E-state index < -0.39 is 23.8 Å². The lowest BCUT2D eigenvalue weighted by Crippen LogP contribution is -2.37. The Bertz CT molecular complexity index is 1070. The summed E-state index contributed by atoms with van der Waals surface area (Å²) in [5.41, 5.74) is 1.79. The number of alkyl carbamates (subject to hydrolysis) is 1. The van der Waals surface area contributed by atoms with Gasteiger partial charge in [-0.3, -0.25) is 4.68 Å². The standard InChI is InChI=1S/C24H31ClN4O4/c1-5-29-22-17(13-26-29)11-21(25)27-19(22)12-18(30)14-32-15-20(16-9-7-6-8-10-16)28-23(31)33-24(2,3)4/h6-11,13,18,20,30H,5,12,14-15H2,1-4H3,(H,28,31)/t18?,20-/m1/s1. The van der Waals surface area contributed by atoms with E-state index >= 15 is 0 Å². The number of aromatic nitrogens is 3. The van der Waals surface area contributed by atoms with Gasteiger partial charge in [-0.2, -0.15) is 5.10 Å². The van der Waals surface area contributed by atoms with Crippen molar-refractivity contribution in [2.75, 3.05) is 13.2 Å². The third kappa shape index (κ3) is 7.15. The average molecular weight is 475 g/mol. The van der Waals surface area contributed by atoms with Crippen molar-refractivity contribution in [1.82, 2.24) is 20.1 Å². The maximum Gasteiger partial charge on any atom is 0.408 e. The number of nitrogens with one attached hydrogen (secondary N) is 1. The first-order chi connectivity index (χ1) is 15.7. The second kappa shape index (κ2) is 11.0. The molecule has 0 spiro atoms. The number of halogens is 1. The predicted molar refractivity (Wildman–Crippen MR) is 127 cm³/mol. The van der Waals surface area contributed by atoms with Crippen LogP contribution in [0.1, 0.15) is 45.0 Å². The second-order valence-electron chi connectivity index (χ2n) is 8.79. The van der Waals surface area contributed by atoms with Crippen LogP contribution in [-0.2, 0) is 22.4 Å². The molecule has 3 aromatic rings. The van der Waals surface area contributed by atoms with E-state index in [1.54, 1.807) is 12.3 Å². The van der Waals surface area contributed by atoms with E-state index in [0.29, 0.717) is 17.4 Å². The van der Waals surface area contributed by atoms with Gasteiger partial charge in [0.15, 0.2) is 0 Å². The smallest absolute Gasteiger partial charge is 0.408 e. The molecule has 2 N–H and O–H groups in total. The number of amides is 1. The number of rotatable bonds is 9. The number of hydrogen-bond donors (Lipinski definition) is 2. The van der Waals surface area contributed by atoms with Crippen LogP contribution in [0, 0.1) is 0 Å². The molecule has 0 aliphatic heterocycles. The Hall–Kier alpha value is -2.68. The number of carbonyl (C=O) groups is 1. The Kier molecular flexibility index (Phi) is 8.29. The zero-order chi connectivity index (χ0) is 24.0. The third-order valence-corrected chi connectivity index (χ3v) is 5.07. The zero-order valence-corrected chi connectivity index (χ0v) is 20.2. The van der Waals surface area contributed by atoms with E-state index in [2.05, 4.69) is 15.4 Å². The van der Waals surface area contributed by atoms with E-state index in [0.717, 1.165) is 16.5 Å². The molecular formula is C24H31ClN4O4. The van der Waals surface area contributed by atoms with Crippen LogP contribution in [0.5, 0.6) is 0 Å². The highest BCUT2D eigenvalue weighted by Gasteiger charge is 2.21.